The minimum Gasteiger partial charge on any atom is -0.479 e. The number of carbonyl (C=O) groups excluding carboxylic acids is 1. The molecule has 1 saturated heterocycles. The van der Waals surface area contributed by atoms with Gasteiger partial charge in [-0.2, -0.15) is 0 Å². The Kier molecular flexibility index (Phi) is 6.19. The largest absolute Gasteiger partial charge is 0.479 e. The molecule has 0 aliphatic carbocycles. The van der Waals surface area contributed by atoms with E-state index < -0.39 is 23.7 Å². The van der Waals surface area contributed by atoms with Crippen LogP contribution < -0.4 is 5.32 Å². The number of carbonyl (C=O) groups is 2. The predicted octanol–water partition coefficient (Wildman–Crippen LogP) is 3.37. The van der Waals surface area contributed by atoms with Crippen molar-refractivity contribution in [3.63, 3.8) is 0 Å². The van der Waals surface area contributed by atoms with Gasteiger partial charge in [0.1, 0.15) is 5.82 Å². The van der Waals surface area contributed by atoms with Crippen LogP contribution in [0, 0.1) is 5.82 Å². The molecule has 0 bridgehead atoms. The summed E-state index contributed by atoms with van der Waals surface area (Å²) in [6.07, 6.45) is 3.71. The minimum atomic E-state index is -1.44. The second-order valence-electron chi connectivity index (χ2n) is 6.80. The molecular formula is C21H23FN2O3. The van der Waals surface area contributed by atoms with Gasteiger partial charge >= 0.3 is 5.97 Å². The summed E-state index contributed by atoms with van der Waals surface area (Å²) in [6.45, 7) is 3.02. The summed E-state index contributed by atoms with van der Waals surface area (Å²) in [4.78, 5) is 26.3. The molecule has 2 N–H and O–H groups in total. The Morgan fingerprint density at radius 2 is 1.70 bits per heavy atom. The number of hydrogen-bond acceptors (Lipinski definition) is 3. The van der Waals surface area contributed by atoms with E-state index >= 15 is 0 Å². The maximum absolute atomic E-state index is 13.9. The van der Waals surface area contributed by atoms with Crippen molar-refractivity contribution in [3.05, 3.63) is 71.0 Å². The topological polar surface area (TPSA) is 69.6 Å². The van der Waals surface area contributed by atoms with E-state index in [2.05, 4.69) is 10.2 Å². The first kappa shape index (κ1) is 19.0. The first-order chi connectivity index (χ1) is 13.0. The van der Waals surface area contributed by atoms with Crippen molar-refractivity contribution in [1.29, 1.82) is 0 Å². The van der Waals surface area contributed by atoms with Crippen molar-refractivity contribution in [2.45, 2.75) is 31.8 Å². The molecule has 2 aromatic carbocycles. The Hall–Kier alpha value is -2.73. The molecule has 1 aliphatic rings. The number of carboxylic acid groups (broad SMARTS) is 1. The van der Waals surface area contributed by atoms with Gasteiger partial charge in [-0.15, -0.1) is 0 Å². The third-order valence-electron chi connectivity index (χ3n) is 4.81. The number of likely N-dealkylation sites (tertiary alicyclic amines) is 1. The number of amides is 1. The highest BCUT2D eigenvalue weighted by molar-refractivity contribution is 5.96. The van der Waals surface area contributed by atoms with Crippen LogP contribution in [-0.2, 0) is 11.3 Å². The molecular weight excluding hydrogens is 347 g/mol. The summed E-state index contributed by atoms with van der Waals surface area (Å²) in [5, 5.41) is 11.8. The SMILES string of the molecule is O=C(N[C@@H](C(=O)O)c1ccccc1F)c1ccc(CN2CCCCC2)cc1. The van der Waals surface area contributed by atoms with Crippen molar-refractivity contribution < 1.29 is 19.1 Å². The van der Waals surface area contributed by atoms with Gasteiger partial charge in [0.15, 0.2) is 6.04 Å². The first-order valence-corrected chi connectivity index (χ1v) is 9.14. The Balaban J connectivity index is 1.67. The maximum atomic E-state index is 13.9. The number of rotatable bonds is 6. The number of nitrogens with one attached hydrogen (secondary N) is 1. The fraction of sp³-hybridized carbons (Fsp3) is 0.333. The number of nitrogens with zero attached hydrogens (tertiary/aromatic N) is 1. The second kappa shape index (κ2) is 8.77. The fourth-order valence-electron chi connectivity index (χ4n) is 3.33. The standard InChI is InChI=1S/C21H23FN2O3/c22-18-7-3-2-6-17(18)19(21(26)27)23-20(25)16-10-8-15(9-11-16)14-24-12-4-1-5-13-24/h2-3,6-11,19H,1,4-5,12-14H2,(H,23,25)(H,26,27)/t19-/m1/s1. The average Bonchev–Trinajstić information content (AvgIpc) is 2.68. The molecule has 0 radical (unpaired) electrons. The van der Waals surface area contributed by atoms with Crippen LogP contribution in [0.15, 0.2) is 48.5 Å². The van der Waals surface area contributed by atoms with E-state index in [1.807, 2.05) is 12.1 Å². The molecule has 0 saturated carbocycles. The number of hydrogen-bond donors (Lipinski definition) is 2. The molecule has 142 valence electrons. The summed E-state index contributed by atoms with van der Waals surface area (Å²) in [5.74, 6) is -2.52. The lowest BCUT2D eigenvalue weighted by Gasteiger charge is -2.26. The van der Waals surface area contributed by atoms with Gasteiger partial charge in [-0.25, -0.2) is 9.18 Å². The fourth-order valence-corrected chi connectivity index (χ4v) is 3.33. The van der Waals surface area contributed by atoms with Gasteiger partial charge in [-0.05, 0) is 49.7 Å². The van der Waals surface area contributed by atoms with E-state index in [0.29, 0.717) is 5.56 Å². The van der Waals surface area contributed by atoms with Crippen LogP contribution in [0.5, 0.6) is 0 Å². The van der Waals surface area contributed by atoms with E-state index in [9.17, 15) is 19.1 Å². The van der Waals surface area contributed by atoms with Gasteiger partial charge in [-0.3, -0.25) is 9.69 Å². The molecule has 6 heteroatoms. The van der Waals surface area contributed by atoms with Gasteiger partial charge in [0.25, 0.3) is 5.91 Å². The summed E-state index contributed by atoms with van der Waals surface area (Å²) in [6, 6.07) is 11.2. The molecule has 1 aliphatic heterocycles. The quantitative estimate of drug-likeness (QED) is 0.818. The molecule has 5 nitrogen and oxygen atoms in total. The van der Waals surface area contributed by atoms with E-state index in [1.54, 1.807) is 12.1 Å². The van der Waals surface area contributed by atoms with E-state index in [-0.39, 0.29) is 5.56 Å². The van der Waals surface area contributed by atoms with Gasteiger partial charge in [0, 0.05) is 17.7 Å². The zero-order valence-corrected chi connectivity index (χ0v) is 15.0. The minimum absolute atomic E-state index is 0.0694. The molecule has 0 aromatic heterocycles. The molecule has 1 amide bonds. The van der Waals surface area contributed by atoms with Crippen LogP contribution in [0.3, 0.4) is 0 Å². The monoisotopic (exact) mass is 370 g/mol. The number of halogens is 1. The molecule has 0 unspecified atom stereocenters. The van der Waals surface area contributed by atoms with Gasteiger partial charge < -0.3 is 10.4 Å². The highest BCUT2D eigenvalue weighted by Gasteiger charge is 2.25. The third-order valence-corrected chi connectivity index (χ3v) is 4.81. The second-order valence-corrected chi connectivity index (χ2v) is 6.80. The normalized spacial score (nSPS) is 15.9. The maximum Gasteiger partial charge on any atom is 0.331 e. The predicted molar refractivity (Wildman–Crippen MR) is 99.8 cm³/mol. The zero-order valence-electron chi connectivity index (χ0n) is 15.0. The number of benzene rings is 2. The summed E-state index contributed by atoms with van der Waals surface area (Å²) in [5.41, 5.74) is 1.39. The highest BCUT2D eigenvalue weighted by atomic mass is 19.1. The molecule has 1 heterocycles. The summed E-state index contributed by atoms with van der Waals surface area (Å²) < 4.78 is 13.9. The van der Waals surface area contributed by atoms with Gasteiger partial charge in [0.05, 0.1) is 0 Å². The third kappa shape index (κ3) is 4.92. The average molecular weight is 370 g/mol. The summed E-state index contributed by atoms with van der Waals surface area (Å²) >= 11 is 0. The molecule has 1 atom stereocenters. The van der Waals surface area contributed by atoms with Crippen LogP contribution in [-0.4, -0.2) is 35.0 Å². The summed E-state index contributed by atoms with van der Waals surface area (Å²) in [7, 11) is 0. The zero-order chi connectivity index (χ0) is 19.2. The molecule has 1 fully saturated rings. The number of aliphatic carboxylic acids is 1. The Morgan fingerprint density at radius 3 is 2.33 bits per heavy atom. The van der Waals surface area contributed by atoms with Gasteiger partial charge in [0.2, 0.25) is 0 Å². The van der Waals surface area contributed by atoms with E-state index in [0.717, 1.165) is 25.2 Å². The van der Waals surface area contributed by atoms with Crippen LogP contribution in [0.4, 0.5) is 4.39 Å². The molecule has 2 aromatic rings. The van der Waals surface area contributed by atoms with Crippen molar-refractivity contribution in [2.75, 3.05) is 13.1 Å². The Bertz CT molecular complexity index is 801. The Labute approximate surface area is 157 Å². The Morgan fingerprint density at radius 1 is 1.04 bits per heavy atom. The number of carboxylic acids is 1. The highest BCUT2D eigenvalue weighted by Crippen LogP contribution is 2.18. The lowest BCUT2D eigenvalue weighted by atomic mass is 10.0. The van der Waals surface area contributed by atoms with Crippen molar-refractivity contribution in [1.82, 2.24) is 10.2 Å². The molecule has 3 rings (SSSR count). The lowest BCUT2D eigenvalue weighted by molar-refractivity contribution is -0.139. The van der Waals surface area contributed by atoms with E-state index in [4.69, 9.17) is 0 Å². The lowest BCUT2D eigenvalue weighted by Crippen LogP contribution is -2.34. The van der Waals surface area contributed by atoms with E-state index in [1.165, 1.54) is 43.5 Å². The van der Waals surface area contributed by atoms with Crippen LogP contribution in [0.2, 0.25) is 0 Å². The van der Waals surface area contributed by atoms with Crippen molar-refractivity contribution in [2.24, 2.45) is 0 Å². The van der Waals surface area contributed by atoms with Crippen molar-refractivity contribution in [3.8, 4) is 0 Å². The first-order valence-electron chi connectivity index (χ1n) is 9.14. The van der Waals surface area contributed by atoms with Crippen LogP contribution in [0.25, 0.3) is 0 Å². The van der Waals surface area contributed by atoms with Crippen LogP contribution >= 0.6 is 0 Å². The molecule has 27 heavy (non-hydrogen) atoms. The van der Waals surface area contributed by atoms with Crippen molar-refractivity contribution >= 4 is 11.9 Å². The number of piperidine rings is 1. The molecule has 0 spiro atoms. The van der Waals surface area contributed by atoms with Crippen LogP contribution in [0.1, 0.15) is 46.8 Å². The smallest absolute Gasteiger partial charge is 0.331 e. The van der Waals surface area contributed by atoms with Gasteiger partial charge in [-0.1, -0.05) is 36.8 Å².